The van der Waals surface area contributed by atoms with Crippen molar-refractivity contribution in [1.82, 2.24) is 4.90 Å². The number of rotatable bonds is 14. The summed E-state index contributed by atoms with van der Waals surface area (Å²) in [6.07, 6.45) is 7.12. The molecule has 40 heavy (non-hydrogen) atoms. The van der Waals surface area contributed by atoms with Crippen molar-refractivity contribution in [3.63, 3.8) is 0 Å². The Morgan fingerprint density at radius 3 is 2.33 bits per heavy atom. The number of carboxylic acids is 1. The monoisotopic (exact) mass is 587 g/mol. The molecule has 1 amide bonds. The molecule has 1 aliphatic heterocycles. The van der Waals surface area contributed by atoms with Crippen LogP contribution >= 0.6 is 7.37 Å². The molecular weight excluding hydrogens is 540 g/mol. The summed E-state index contributed by atoms with van der Waals surface area (Å²) in [4.78, 5) is 39.2. The topological polar surface area (TPSA) is 110 Å². The molecule has 0 spiro atoms. The number of carbonyl (C=O) groups excluding carboxylic acids is 2. The first-order chi connectivity index (χ1) is 18.6. The van der Waals surface area contributed by atoms with Crippen LogP contribution in [0.1, 0.15) is 84.1 Å². The molecule has 2 fully saturated rings. The van der Waals surface area contributed by atoms with E-state index in [1.807, 2.05) is 44.2 Å². The Kier molecular flexibility index (Phi) is 14.9. The summed E-state index contributed by atoms with van der Waals surface area (Å²) in [5, 5.41) is 9.92. The van der Waals surface area contributed by atoms with Crippen molar-refractivity contribution in [2.24, 2.45) is 17.8 Å². The molecule has 1 heterocycles. The van der Waals surface area contributed by atoms with Crippen LogP contribution in [0, 0.1) is 17.8 Å². The summed E-state index contributed by atoms with van der Waals surface area (Å²) in [6, 6.07) is 9.10. The number of carboxylic acid groups (broad SMARTS) is 1. The third-order valence-corrected chi connectivity index (χ3v) is 10.4. The van der Waals surface area contributed by atoms with E-state index in [0.717, 1.165) is 38.5 Å². The number of benzene rings is 1. The number of aliphatic carboxylic acids is 1. The van der Waals surface area contributed by atoms with Crippen LogP contribution in [0.2, 0.25) is 0 Å². The van der Waals surface area contributed by atoms with Gasteiger partial charge in [-0.15, -0.1) is 0 Å². The third kappa shape index (κ3) is 10.6. The molecule has 0 radical (unpaired) electrons. The van der Waals surface area contributed by atoms with E-state index in [0.29, 0.717) is 25.3 Å². The van der Waals surface area contributed by atoms with E-state index < -0.39 is 37.5 Å². The van der Waals surface area contributed by atoms with Crippen LogP contribution in [0.4, 0.5) is 0 Å². The van der Waals surface area contributed by atoms with Crippen LogP contribution in [0.3, 0.4) is 0 Å². The molecule has 1 saturated carbocycles. The Hall–Kier alpha value is -1.18. The van der Waals surface area contributed by atoms with Crippen molar-refractivity contribution < 1.29 is 33.3 Å². The molecule has 10 heteroatoms. The summed E-state index contributed by atoms with van der Waals surface area (Å²) in [5.74, 6) is -1.61. The molecule has 4 atom stereocenters. The van der Waals surface area contributed by atoms with Gasteiger partial charge in [0.05, 0.1) is 0 Å². The summed E-state index contributed by atoms with van der Waals surface area (Å²) in [6.45, 7) is 5.68. The van der Waals surface area contributed by atoms with E-state index in [2.05, 4.69) is 0 Å². The van der Waals surface area contributed by atoms with Crippen LogP contribution in [-0.2, 0) is 34.6 Å². The fraction of sp³-hybridized carbons (Fsp3) is 0.700. The Morgan fingerprint density at radius 1 is 1.05 bits per heavy atom. The van der Waals surface area contributed by atoms with Gasteiger partial charge in [0, 0.05) is 25.0 Å². The number of amides is 1. The molecule has 220 valence electrons. The van der Waals surface area contributed by atoms with E-state index in [9.17, 15) is 24.1 Å². The van der Waals surface area contributed by atoms with Gasteiger partial charge in [0.15, 0.2) is 0 Å². The molecular formula is C30H47NNaO7P. The zero-order valence-electron chi connectivity index (χ0n) is 23.8. The van der Waals surface area contributed by atoms with Crippen molar-refractivity contribution in [3.8, 4) is 0 Å². The van der Waals surface area contributed by atoms with Crippen LogP contribution < -0.4 is 0 Å². The Labute approximate surface area is 261 Å². The van der Waals surface area contributed by atoms with Crippen molar-refractivity contribution in [3.05, 3.63) is 35.9 Å². The van der Waals surface area contributed by atoms with E-state index >= 15 is 0 Å². The number of hydrogen-bond acceptors (Lipinski definition) is 6. The minimum absolute atomic E-state index is 0. The first-order valence-corrected chi connectivity index (χ1v) is 16.6. The average Bonchev–Trinajstić information content (AvgIpc) is 3.38. The summed E-state index contributed by atoms with van der Waals surface area (Å²) < 4.78 is 25.7. The van der Waals surface area contributed by atoms with Crippen molar-refractivity contribution in [1.29, 1.82) is 0 Å². The van der Waals surface area contributed by atoms with Gasteiger partial charge in [-0.2, -0.15) is 0 Å². The average molecular weight is 588 g/mol. The third-order valence-electron chi connectivity index (χ3n) is 8.07. The molecule has 1 aromatic rings. The first kappa shape index (κ1) is 35.0. The van der Waals surface area contributed by atoms with Gasteiger partial charge in [0.1, 0.15) is 12.2 Å². The number of ether oxygens (including phenoxy) is 1. The second kappa shape index (κ2) is 17.1. The van der Waals surface area contributed by atoms with Crippen molar-refractivity contribution >= 4 is 54.8 Å². The predicted octanol–water partition coefficient (Wildman–Crippen LogP) is 5.47. The molecule has 0 aromatic heterocycles. The Balaban J connectivity index is 0.00000560. The Morgan fingerprint density at radius 2 is 1.73 bits per heavy atom. The van der Waals surface area contributed by atoms with E-state index in [1.165, 1.54) is 16.9 Å². The first-order valence-electron chi connectivity index (χ1n) is 14.6. The second-order valence-corrected chi connectivity index (χ2v) is 14.1. The van der Waals surface area contributed by atoms with Crippen molar-refractivity contribution in [2.75, 3.05) is 18.9 Å². The molecule has 1 saturated heterocycles. The van der Waals surface area contributed by atoms with Crippen LogP contribution in [-0.4, -0.2) is 88.6 Å². The molecule has 0 bridgehead atoms. The van der Waals surface area contributed by atoms with E-state index in [1.54, 1.807) is 6.92 Å². The molecule has 3 rings (SSSR count). The molecule has 2 aliphatic rings. The molecule has 1 unspecified atom stereocenters. The molecule has 8 nitrogen and oxygen atoms in total. The van der Waals surface area contributed by atoms with Crippen LogP contribution in [0.15, 0.2) is 30.3 Å². The van der Waals surface area contributed by atoms with Gasteiger partial charge in [-0.1, -0.05) is 83.2 Å². The number of carbonyl (C=O) groups is 3. The second-order valence-electron chi connectivity index (χ2n) is 11.5. The van der Waals surface area contributed by atoms with Crippen molar-refractivity contribution in [2.45, 2.75) is 97.3 Å². The maximum atomic E-state index is 14.2. The molecule has 1 aromatic carbocycles. The van der Waals surface area contributed by atoms with Gasteiger partial charge >= 0.3 is 41.5 Å². The van der Waals surface area contributed by atoms with Gasteiger partial charge < -0.3 is 14.7 Å². The van der Waals surface area contributed by atoms with Gasteiger partial charge in [0.25, 0.3) is 0 Å². The number of nitrogens with zero attached hydrogens (tertiary/aromatic N) is 1. The quantitative estimate of drug-likeness (QED) is 0.101. The zero-order chi connectivity index (χ0) is 28.4. The standard InChI is InChI=1S/C30H46NO7P.Na.H/c1-4-28(33)37-30(22(2)3)38-39(36,18-12-11-15-23-13-7-5-8-14-23)21-27(32)31-20-25(19-26(31)29(34)35)24-16-9-6-10-17-24;;/h5,7-8,13-14,22,24-26,30H,4,6,9-12,15-21H2,1-3H3,(H,34,35);;/t25-,26+,30?,39-;;/m1../s1. The van der Waals surface area contributed by atoms with Gasteiger partial charge in [-0.05, 0) is 43.1 Å². The SMILES string of the molecule is CCC(=O)OC(O[P@](=O)(CCCCc1ccccc1)CC(=O)N1C[C@H](C2CCCCC2)C[C@H]1C(=O)O)C(C)C.[NaH]. The Bertz CT molecular complexity index is 999. The van der Waals surface area contributed by atoms with Crippen LogP contribution in [0.25, 0.3) is 0 Å². The van der Waals surface area contributed by atoms with Gasteiger partial charge in [0.2, 0.25) is 19.6 Å². The number of likely N-dealkylation sites (tertiary alicyclic amines) is 1. The summed E-state index contributed by atoms with van der Waals surface area (Å²) >= 11 is 0. The van der Waals surface area contributed by atoms with Gasteiger partial charge in [-0.25, -0.2) is 4.79 Å². The molecule has 1 aliphatic carbocycles. The normalized spacial score (nSPS) is 21.9. The van der Waals surface area contributed by atoms with Gasteiger partial charge in [-0.3, -0.25) is 18.7 Å². The predicted molar refractivity (Wildman–Crippen MR) is 158 cm³/mol. The number of esters is 1. The number of hydrogen-bond donors (Lipinski definition) is 1. The molecule has 1 N–H and O–H groups in total. The number of aryl methyl sites for hydroxylation is 1. The summed E-state index contributed by atoms with van der Waals surface area (Å²) in [5.41, 5.74) is 1.18. The zero-order valence-corrected chi connectivity index (χ0v) is 24.7. The fourth-order valence-electron chi connectivity index (χ4n) is 5.80. The minimum atomic E-state index is -3.60. The fourth-order valence-corrected chi connectivity index (χ4v) is 8.10. The van der Waals surface area contributed by atoms with E-state index in [4.69, 9.17) is 9.26 Å². The van der Waals surface area contributed by atoms with Crippen LogP contribution in [0.5, 0.6) is 0 Å². The number of unbranched alkanes of at least 4 members (excludes halogenated alkanes) is 1. The summed E-state index contributed by atoms with van der Waals surface area (Å²) in [7, 11) is -3.60. The van der Waals surface area contributed by atoms with E-state index in [-0.39, 0.29) is 60.1 Å². The maximum absolute atomic E-state index is 14.2.